The number of thioether (sulfide) groups is 2. The van der Waals surface area contributed by atoms with Crippen LogP contribution in [0.15, 0.2) is 88.1 Å². The topological polar surface area (TPSA) is 57.6 Å². The SMILES string of the molecule is C=C(/C=C\C)N1C(=C)C2=C(CCS2)N=C1SCC(=O)Nc1ccc(-c2cccs2)cn1. The summed E-state index contributed by atoms with van der Waals surface area (Å²) in [5.74, 6) is 1.62. The Balaban J connectivity index is 1.42. The second kappa shape index (κ2) is 9.72. The Morgan fingerprint density at radius 3 is 2.97 bits per heavy atom. The van der Waals surface area contributed by atoms with Crippen molar-refractivity contribution in [1.29, 1.82) is 0 Å². The molecule has 0 atom stereocenters. The summed E-state index contributed by atoms with van der Waals surface area (Å²) in [5.41, 5.74) is 3.75. The minimum Gasteiger partial charge on any atom is -0.310 e. The number of amidine groups is 1. The highest BCUT2D eigenvalue weighted by Gasteiger charge is 2.30. The highest BCUT2D eigenvalue weighted by molar-refractivity contribution is 8.14. The fraction of sp³-hybridized carbons (Fsp3) is 0.174. The zero-order valence-electron chi connectivity index (χ0n) is 17.1. The first-order valence-electron chi connectivity index (χ1n) is 9.75. The molecule has 0 saturated carbocycles. The van der Waals surface area contributed by atoms with Gasteiger partial charge in [-0.15, -0.1) is 23.1 Å². The third-order valence-electron chi connectivity index (χ3n) is 4.62. The van der Waals surface area contributed by atoms with Gasteiger partial charge < -0.3 is 5.32 Å². The fourth-order valence-electron chi connectivity index (χ4n) is 3.21. The van der Waals surface area contributed by atoms with Crippen molar-refractivity contribution in [3.63, 3.8) is 0 Å². The van der Waals surface area contributed by atoms with Gasteiger partial charge in [0.25, 0.3) is 0 Å². The average molecular weight is 467 g/mol. The molecule has 0 fully saturated rings. The summed E-state index contributed by atoms with van der Waals surface area (Å²) in [6, 6.07) is 7.84. The van der Waals surface area contributed by atoms with Gasteiger partial charge >= 0.3 is 0 Å². The van der Waals surface area contributed by atoms with E-state index in [2.05, 4.69) is 23.5 Å². The lowest BCUT2D eigenvalue weighted by Gasteiger charge is -2.31. The molecule has 2 aromatic rings. The first kappa shape index (κ1) is 21.7. The molecule has 0 bridgehead atoms. The highest BCUT2D eigenvalue weighted by atomic mass is 32.2. The summed E-state index contributed by atoms with van der Waals surface area (Å²) in [6.45, 7) is 10.4. The molecule has 2 aliphatic rings. The number of carbonyl (C=O) groups is 1. The molecule has 0 radical (unpaired) electrons. The van der Waals surface area contributed by atoms with Gasteiger partial charge in [-0.25, -0.2) is 9.98 Å². The third kappa shape index (κ3) is 4.87. The number of rotatable bonds is 6. The highest BCUT2D eigenvalue weighted by Crippen LogP contribution is 2.43. The number of aromatic nitrogens is 1. The summed E-state index contributed by atoms with van der Waals surface area (Å²) < 4.78 is 0. The van der Waals surface area contributed by atoms with Gasteiger partial charge in [-0.2, -0.15) is 0 Å². The van der Waals surface area contributed by atoms with Crippen molar-refractivity contribution in [3.05, 3.63) is 83.1 Å². The van der Waals surface area contributed by atoms with Crippen LogP contribution in [0, 0.1) is 0 Å². The van der Waals surface area contributed by atoms with Gasteiger partial charge in [-0.3, -0.25) is 9.69 Å². The van der Waals surface area contributed by atoms with E-state index in [0.29, 0.717) is 5.82 Å². The van der Waals surface area contributed by atoms with Gasteiger partial charge in [-0.05, 0) is 36.6 Å². The second-order valence-electron chi connectivity index (χ2n) is 6.79. The maximum absolute atomic E-state index is 12.6. The molecule has 0 spiro atoms. The number of carbonyl (C=O) groups excluding carboxylic acids is 1. The van der Waals surface area contributed by atoms with E-state index < -0.39 is 0 Å². The molecule has 0 aliphatic carbocycles. The van der Waals surface area contributed by atoms with Crippen molar-refractivity contribution in [2.24, 2.45) is 4.99 Å². The predicted molar refractivity (Wildman–Crippen MR) is 135 cm³/mol. The molecule has 0 saturated heterocycles. The lowest BCUT2D eigenvalue weighted by Crippen LogP contribution is -2.30. The Kier molecular flexibility index (Phi) is 6.80. The normalized spacial score (nSPS) is 16.0. The van der Waals surface area contributed by atoms with E-state index in [9.17, 15) is 4.79 Å². The summed E-state index contributed by atoms with van der Waals surface area (Å²) in [5, 5.41) is 5.62. The quantitative estimate of drug-likeness (QED) is 0.521. The molecule has 1 N–H and O–H groups in total. The van der Waals surface area contributed by atoms with Crippen molar-refractivity contribution in [2.45, 2.75) is 13.3 Å². The van der Waals surface area contributed by atoms with Gasteiger partial charge in [0.05, 0.1) is 22.1 Å². The number of aliphatic imine (C=N–C) groups is 1. The Morgan fingerprint density at radius 1 is 1.39 bits per heavy atom. The third-order valence-corrected chi connectivity index (χ3v) is 7.64. The smallest absolute Gasteiger partial charge is 0.236 e. The molecule has 5 nitrogen and oxygen atoms in total. The number of nitrogens with one attached hydrogen (secondary N) is 1. The van der Waals surface area contributed by atoms with E-state index in [1.165, 1.54) is 11.8 Å². The average Bonchev–Trinajstić information content (AvgIpc) is 3.45. The van der Waals surface area contributed by atoms with E-state index >= 15 is 0 Å². The van der Waals surface area contributed by atoms with Gasteiger partial charge in [-0.1, -0.05) is 37.1 Å². The van der Waals surface area contributed by atoms with Crippen LogP contribution in [0.4, 0.5) is 5.82 Å². The maximum atomic E-state index is 12.6. The summed E-state index contributed by atoms with van der Waals surface area (Å²) in [7, 11) is 0. The van der Waals surface area contributed by atoms with Gasteiger partial charge in [0.1, 0.15) is 5.82 Å². The number of pyridine rings is 1. The monoisotopic (exact) mass is 466 g/mol. The largest absolute Gasteiger partial charge is 0.310 e. The summed E-state index contributed by atoms with van der Waals surface area (Å²) in [6.07, 6.45) is 6.55. The van der Waals surface area contributed by atoms with E-state index in [-0.39, 0.29) is 11.7 Å². The Bertz CT molecular complexity index is 1100. The zero-order chi connectivity index (χ0) is 21.8. The number of anilines is 1. The Hall–Kier alpha value is -2.55. The number of nitrogens with zero attached hydrogens (tertiary/aromatic N) is 3. The van der Waals surface area contributed by atoms with Crippen molar-refractivity contribution in [2.75, 3.05) is 16.8 Å². The standard InChI is InChI=1S/C23H22N4OS3/c1-4-6-15(2)27-16(3)22-18(10-12-30-22)25-23(27)31-14-21(28)26-20-9-8-17(13-24-20)19-7-5-11-29-19/h4-9,11,13H,2-3,10,12,14H2,1H3,(H,24,26,28)/b6-4-. The van der Waals surface area contributed by atoms with Crippen LogP contribution in [0.5, 0.6) is 0 Å². The molecule has 4 heterocycles. The van der Waals surface area contributed by atoms with Crippen LogP contribution in [0.1, 0.15) is 13.3 Å². The van der Waals surface area contributed by atoms with Crippen LogP contribution in [-0.4, -0.2) is 32.5 Å². The molecule has 2 aromatic heterocycles. The minimum absolute atomic E-state index is 0.133. The lowest BCUT2D eigenvalue weighted by molar-refractivity contribution is -0.113. The first-order chi connectivity index (χ1) is 15.1. The molecule has 8 heteroatoms. The predicted octanol–water partition coefficient (Wildman–Crippen LogP) is 6.11. The van der Waals surface area contributed by atoms with E-state index in [1.807, 2.05) is 53.6 Å². The first-order valence-corrected chi connectivity index (χ1v) is 12.6. The van der Waals surface area contributed by atoms with Crippen LogP contribution in [0.3, 0.4) is 0 Å². The molecule has 0 unspecified atom stereocenters. The minimum atomic E-state index is -0.133. The Labute approximate surface area is 194 Å². The maximum Gasteiger partial charge on any atom is 0.236 e. The summed E-state index contributed by atoms with van der Waals surface area (Å²) in [4.78, 5) is 25.9. The molecule has 158 valence electrons. The zero-order valence-corrected chi connectivity index (χ0v) is 19.6. The van der Waals surface area contributed by atoms with E-state index in [4.69, 9.17) is 4.99 Å². The van der Waals surface area contributed by atoms with Crippen molar-refractivity contribution < 1.29 is 4.79 Å². The van der Waals surface area contributed by atoms with Crippen LogP contribution < -0.4 is 5.32 Å². The van der Waals surface area contributed by atoms with E-state index in [1.54, 1.807) is 29.3 Å². The number of amides is 1. The molecule has 0 aromatic carbocycles. The van der Waals surface area contributed by atoms with Gasteiger partial charge in [0, 0.05) is 34.5 Å². The van der Waals surface area contributed by atoms with Gasteiger partial charge in [0.15, 0.2) is 5.17 Å². The van der Waals surface area contributed by atoms with Crippen molar-refractivity contribution in [1.82, 2.24) is 9.88 Å². The number of allylic oxidation sites excluding steroid dienone is 3. The van der Waals surface area contributed by atoms with Crippen LogP contribution in [-0.2, 0) is 4.79 Å². The number of hydrogen-bond donors (Lipinski definition) is 1. The molecule has 1 amide bonds. The van der Waals surface area contributed by atoms with Crippen molar-refractivity contribution >= 4 is 51.8 Å². The van der Waals surface area contributed by atoms with Crippen LogP contribution >= 0.6 is 34.9 Å². The van der Waals surface area contributed by atoms with Crippen LogP contribution in [0.25, 0.3) is 10.4 Å². The molecule has 2 aliphatic heterocycles. The number of thiophene rings is 1. The van der Waals surface area contributed by atoms with Crippen molar-refractivity contribution in [3.8, 4) is 10.4 Å². The Morgan fingerprint density at radius 2 is 2.26 bits per heavy atom. The van der Waals surface area contributed by atoms with E-state index in [0.717, 1.165) is 49.8 Å². The molecular formula is C23H22N4OS3. The molecular weight excluding hydrogens is 444 g/mol. The molecule has 31 heavy (non-hydrogen) atoms. The fourth-order valence-corrected chi connectivity index (χ4v) is 5.86. The van der Waals surface area contributed by atoms with Crippen LogP contribution in [0.2, 0.25) is 0 Å². The van der Waals surface area contributed by atoms with Gasteiger partial charge in [0.2, 0.25) is 5.91 Å². The number of hydrogen-bond acceptors (Lipinski definition) is 7. The lowest BCUT2D eigenvalue weighted by atomic mass is 10.2. The second-order valence-corrected chi connectivity index (χ2v) is 9.78. The molecule has 4 rings (SSSR count). The summed E-state index contributed by atoms with van der Waals surface area (Å²) >= 11 is 4.81.